The second kappa shape index (κ2) is 8.30. The van der Waals surface area contributed by atoms with Crippen LogP contribution in [-0.2, 0) is 0 Å². The number of nitrogens with one attached hydrogen (secondary N) is 1. The fourth-order valence-electron chi connectivity index (χ4n) is 4.18. The quantitative estimate of drug-likeness (QED) is 0.582. The molecule has 1 aliphatic heterocycles. The van der Waals surface area contributed by atoms with Crippen LogP contribution in [-0.4, -0.2) is 29.1 Å². The number of hydrogen-bond acceptors (Lipinski definition) is 6. The number of carbonyl (C=O) groups is 1. The highest BCUT2D eigenvalue weighted by atomic mass is 16.4. The summed E-state index contributed by atoms with van der Waals surface area (Å²) in [6.07, 6.45) is 2.05. The van der Waals surface area contributed by atoms with Gasteiger partial charge in [-0.2, -0.15) is 0 Å². The number of carboxylic acid groups (broad SMARTS) is 1. The maximum atomic E-state index is 13.0. The van der Waals surface area contributed by atoms with Gasteiger partial charge in [0, 0.05) is 30.5 Å². The van der Waals surface area contributed by atoms with E-state index in [4.69, 9.17) is 4.42 Å². The molecule has 4 rings (SSSR count). The van der Waals surface area contributed by atoms with E-state index in [-0.39, 0.29) is 22.4 Å². The lowest BCUT2D eigenvalue weighted by atomic mass is 9.83. The molecule has 3 aromatic rings. The topological polar surface area (TPSA) is 95.7 Å². The van der Waals surface area contributed by atoms with Crippen LogP contribution in [0.15, 0.2) is 45.6 Å². The van der Waals surface area contributed by atoms with Crippen molar-refractivity contribution in [1.82, 2.24) is 4.98 Å². The summed E-state index contributed by atoms with van der Waals surface area (Å²) in [5.74, 6) is -0.452. The van der Waals surface area contributed by atoms with Crippen molar-refractivity contribution in [2.24, 2.45) is 5.41 Å². The molecule has 1 atom stereocenters. The van der Waals surface area contributed by atoms with Crippen molar-refractivity contribution >= 4 is 28.5 Å². The van der Waals surface area contributed by atoms with E-state index in [1.54, 1.807) is 36.4 Å². The Hall–Kier alpha value is -3.35. The standard InChI is InChI=1S/C25H29N3O4/c1-15-13-18-20(29)14-21(28-11-9-25(3,4)10-12-28)32-23(18)22(26-15)16(2)27-19-8-6-5-7-17(19)24(30)31/h5-8,13-14,16,27H,9-12H2,1-4H3,(H,30,31)/t16-/m1/s1. The summed E-state index contributed by atoms with van der Waals surface area (Å²) >= 11 is 0. The van der Waals surface area contributed by atoms with Crippen molar-refractivity contribution in [2.75, 3.05) is 23.3 Å². The van der Waals surface area contributed by atoms with Gasteiger partial charge in [-0.1, -0.05) is 26.0 Å². The van der Waals surface area contributed by atoms with Crippen LogP contribution in [0.25, 0.3) is 11.0 Å². The molecule has 1 saturated heterocycles. The summed E-state index contributed by atoms with van der Waals surface area (Å²) < 4.78 is 6.28. The first-order valence-corrected chi connectivity index (χ1v) is 10.9. The predicted octanol–water partition coefficient (Wildman–Crippen LogP) is 4.99. The third kappa shape index (κ3) is 4.33. The van der Waals surface area contributed by atoms with Gasteiger partial charge in [-0.25, -0.2) is 4.79 Å². The van der Waals surface area contributed by atoms with Crippen molar-refractivity contribution in [3.63, 3.8) is 0 Å². The molecule has 2 aromatic heterocycles. The number of benzene rings is 1. The molecule has 1 aliphatic rings. The molecule has 2 N–H and O–H groups in total. The molecule has 0 aliphatic carbocycles. The molecule has 0 unspecified atom stereocenters. The number of pyridine rings is 1. The molecule has 0 saturated carbocycles. The molecular weight excluding hydrogens is 406 g/mol. The number of aryl methyl sites for hydroxylation is 1. The zero-order valence-corrected chi connectivity index (χ0v) is 18.9. The predicted molar refractivity (Wildman–Crippen MR) is 126 cm³/mol. The fourth-order valence-corrected chi connectivity index (χ4v) is 4.18. The maximum Gasteiger partial charge on any atom is 0.337 e. The zero-order valence-electron chi connectivity index (χ0n) is 18.9. The lowest BCUT2D eigenvalue weighted by Gasteiger charge is -2.37. The number of piperidine rings is 1. The van der Waals surface area contributed by atoms with E-state index in [2.05, 4.69) is 29.0 Å². The zero-order chi connectivity index (χ0) is 23.0. The lowest BCUT2D eigenvalue weighted by Crippen LogP contribution is -2.37. The van der Waals surface area contributed by atoms with E-state index < -0.39 is 5.97 Å². The molecule has 0 spiro atoms. The van der Waals surface area contributed by atoms with Gasteiger partial charge >= 0.3 is 5.97 Å². The molecule has 3 heterocycles. The van der Waals surface area contributed by atoms with Gasteiger partial charge in [0.1, 0.15) is 5.69 Å². The van der Waals surface area contributed by atoms with Gasteiger partial charge in [0.15, 0.2) is 16.9 Å². The number of fused-ring (bicyclic) bond motifs is 1. The Morgan fingerprint density at radius 1 is 1.22 bits per heavy atom. The SMILES string of the molecule is Cc1cc2c(=O)cc(N3CCC(C)(C)CC3)oc2c([C@@H](C)Nc2ccccc2C(=O)O)n1. The van der Waals surface area contributed by atoms with E-state index in [1.165, 1.54) is 0 Å². The van der Waals surface area contributed by atoms with Crippen LogP contribution in [0, 0.1) is 12.3 Å². The minimum absolute atomic E-state index is 0.101. The molecule has 168 valence electrons. The van der Waals surface area contributed by atoms with Crippen molar-refractivity contribution in [3.8, 4) is 0 Å². The van der Waals surface area contributed by atoms with Gasteiger partial charge in [-0.05, 0) is 50.3 Å². The summed E-state index contributed by atoms with van der Waals surface area (Å²) in [4.78, 5) is 31.4. The number of nitrogens with zero attached hydrogens (tertiary/aromatic N) is 2. The molecule has 0 radical (unpaired) electrons. The highest BCUT2D eigenvalue weighted by Gasteiger charge is 2.27. The minimum Gasteiger partial charge on any atom is -0.478 e. The first kappa shape index (κ1) is 21.9. The first-order chi connectivity index (χ1) is 15.1. The molecule has 32 heavy (non-hydrogen) atoms. The van der Waals surface area contributed by atoms with Crippen molar-refractivity contribution < 1.29 is 14.3 Å². The van der Waals surface area contributed by atoms with Crippen molar-refractivity contribution in [3.05, 3.63) is 63.6 Å². The largest absolute Gasteiger partial charge is 0.478 e. The van der Waals surface area contributed by atoms with Crippen molar-refractivity contribution in [1.29, 1.82) is 0 Å². The van der Waals surface area contributed by atoms with E-state index >= 15 is 0 Å². The average molecular weight is 436 g/mol. The van der Waals surface area contributed by atoms with Gasteiger partial charge < -0.3 is 19.7 Å². The maximum absolute atomic E-state index is 13.0. The second-order valence-electron chi connectivity index (χ2n) is 9.34. The highest BCUT2D eigenvalue weighted by molar-refractivity contribution is 5.94. The Balaban J connectivity index is 1.75. The van der Waals surface area contributed by atoms with Gasteiger partial charge in [0.25, 0.3) is 0 Å². The van der Waals surface area contributed by atoms with E-state index in [9.17, 15) is 14.7 Å². The summed E-state index contributed by atoms with van der Waals surface area (Å²) in [5.41, 5.74) is 2.57. The van der Waals surface area contributed by atoms with Gasteiger partial charge in [-0.3, -0.25) is 9.78 Å². The van der Waals surface area contributed by atoms with Crippen LogP contribution < -0.4 is 15.6 Å². The van der Waals surface area contributed by atoms with Crippen LogP contribution in [0.3, 0.4) is 0 Å². The number of para-hydroxylation sites is 1. The Morgan fingerprint density at radius 2 is 1.91 bits per heavy atom. The number of hydrogen-bond donors (Lipinski definition) is 2. The number of aromatic nitrogens is 1. The minimum atomic E-state index is -1.01. The molecule has 1 fully saturated rings. The highest BCUT2D eigenvalue weighted by Crippen LogP contribution is 2.34. The van der Waals surface area contributed by atoms with E-state index in [1.807, 2.05) is 13.8 Å². The first-order valence-electron chi connectivity index (χ1n) is 10.9. The summed E-state index contributed by atoms with van der Waals surface area (Å²) in [6.45, 7) is 9.89. The summed E-state index contributed by atoms with van der Waals surface area (Å²) in [6, 6.07) is 9.67. The van der Waals surface area contributed by atoms with Crippen LogP contribution in [0.4, 0.5) is 11.6 Å². The van der Waals surface area contributed by atoms with Crippen LogP contribution in [0.5, 0.6) is 0 Å². The second-order valence-corrected chi connectivity index (χ2v) is 9.34. The average Bonchev–Trinajstić information content (AvgIpc) is 2.74. The number of rotatable bonds is 5. The molecule has 0 bridgehead atoms. The van der Waals surface area contributed by atoms with Gasteiger partial charge in [0.2, 0.25) is 0 Å². The van der Waals surface area contributed by atoms with Gasteiger partial charge in [-0.15, -0.1) is 0 Å². The Morgan fingerprint density at radius 3 is 2.59 bits per heavy atom. The Bertz CT molecular complexity index is 1220. The monoisotopic (exact) mass is 435 g/mol. The third-order valence-corrected chi connectivity index (χ3v) is 6.22. The molecular formula is C25H29N3O4. The van der Waals surface area contributed by atoms with Gasteiger partial charge in [0.05, 0.1) is 17.0 Å². The molecule has 7 heteroatoms. The molecule has 0 amide bonds. The Kier molecular flexibility index (Phi) is 5.67. The van der Waals surface area contributed by atoms with E-state index in [0.29, 0.717) is 33.9 Å². The third-order valence-electron chi connectivity index (χ3n) is 6.22. The number of carboxylic acids is 1. The van der Waals surface area contributed by atoms with Crippen LogP contribution in [0.2, 0.25) is 0 Å². The Labute approximate surface area is 187 Å². The van der Waals surface area contributed by atoms with Crippen molar-refractivity contribution in [2.45, 2.75) is 46.6 Å². The lowest BCUT2D eigenvalue weighted by molar-refractivity contribution is 0.0698. The van der Waals surface area contributed by atoms with E-state index in [0.717, 1.165) is 25.9 Å². The van der Waals surface area contributed by atoms with Crippen LogP contribution >= 0.6 is 0 Å². The summed E-state index contributed by atoms with van der Waals surface area (Å²) in [5, 5.41) is 13.2. The molecule has 1 aromatic carbocycles. The number of aromatic carboxylic acids is 1. The normalized spacial score (nSPS) is 16.7. The van der Waals surface area contributed by atoms with Crippen LogP contribution in [0.1, 0.15) is 61.4 Å². The molecule has 7 nitrogen and oxygen atoms in total. The summed E-state index contributed by atoms with van der Waals surface area (Å²) in [7, 11) is 0. The number of anilines is 2. The smallest absolute Gasteiger partial charge is 0.337 e. The fraction of sp³-hybridized carbons (Fsp3) is 0.400.